The van der Waals surface area contributed by atoms with Crippen LogP contribution in [0.15, 0.2) is 23.2 Å². The zero-order chi connectivity index (χ0) is 9.26. The number of carbonyl (C=O) groups excluding carboxylic acids is 1. The van der Waals surface area contributed by atoms with E-state index in [0.717, 1.165) is 12.8 Å². The number of aliphatic imine (C=N–C) groups is 1. The average molecular weight is 173 g/mol. The average Bonchev–Trinajstić information content (AvgIpc) is 2.49. The largest absolute Gasteiger partial charge is 0.235 e. The van der Waals surface area contributed by atoms with Crippen molar-refractivity contribution >= 4 is 6.08 Å². The van der Waals surface area contributed by atoms with E-state index >= 15 is 0 Å². The Bertz CT molecular complexity index is 378. The van der Waals surface area contributed by atoms with Crippen molar-refractivity contribution in [3.05, 3.63) is 34.9 Å². The van der Waals surface area contributed by atoms with Gasteiger partial charge in [-0.3, -0.25) is 0 Å². The third-order valence-electron chi connectivity index (χ3n) is 2.56. The van der Waals surface area contributed by atoms with Crippen molar-refractivity contribution in [2.24, 2.45) is 4.99 Å². The van der Waals surface area contributed by atoms with Gasteiger partial charge in [0.2, 0.25) is 6.08 Å². The van der Waals surface area contributed by atoms with Gasteiger partial charge in [0.1, 0.15) is 0 Å². The topological polar surface area (TPSA) is 29.4 Å². The highest BCUT2D eigenvalue weighted by Gasteiger charge is 2.21. The molecule has 0 aromatic heterocycles. The molecule has 0 spiro atoms. The Morgan fingerprint density at radius 3 is 3.15 bits per heavy atom. The van der Waals surface area contributed by atoms with Crippen LogP contribution in [0.25, 0.3) is 0 Å². The van der Waals surface area contributed by atoms with E-state index in [1.165, 1.54) is 16.7 Å². The van der Waals surface area contributed by atoms with Gasteiger partial charge >= 0.3 is 0 Å². The van der Waals surface area contributed by atoms with Gasteiger partial charge in [0.15, 0.2) is 0 Å². The molecule has 1 atom stereocenters. The third kappa shape index (κ3) is 1.41. The summed E-state index contributed by atoms with van der Waals surface area (Å²) >= 11 is 0. The molecule has 0 saturated carbocycles. The molecule has 0 radical (unpaired) electrons. The molecule has 0 N–H and O–H groups in total. The second-order valence-electron chi connectivity index (χ2n) is 3.48. The van der Waals surface area contributed by atoms with Crippen molar-refractivity contribution in [2.45, 2.75) is 25.8 Å². The van der Waals surface area contributed by atoms with Crippen LogP contribution in [0.3, 0.4) is 0 Å². The van der Waals surface area contributed by atoms with Crippen LogP contribution in [0.2, 0.25) is 0 Å². The molecule has 66 valence electrons. The first-order valence-corrected chi connectivity index (χ1v) is 4.47. The van der Waals surface area contributed by atoms with E-state index in [4.69, 9.17) is 0 Å². The zero-order valence-electron chi connectivity index (χ0n) is 7.58. The van der Waals surface area contributed by atoms with Crippen molar-refractivity contribution in [1.82, 2.24) is 0 Å². The lowest BCUT2D eigenvalue weighted by atomic mass is 10.1. The molecule has 1 unspecified atom stereocenters. The summed E-state index contributed by atoms with van der Waals surface area (Å²) in [5, 5.41) is 0. The predicted octanol–water partition coefficient (Wildman–Crippen LogP) is 2.32. The molecule has 1 aliphatic carbocycles. The summed E-state index contributed by atoms with van der Waals surface area (Å²) in [7, 11) is 0. The zero-order valence-corrected chi connectivity index (χ0v) is 7.58. The fourth-order valence-electron chi connectivity index (χ4n) is 1.90. The highest BCUT2D eigenvalue weighted by atomic mass is 16.1. The Balaban J connectivity index is 2.45. The molecule has 0 saturated heterocycles. The van der Waals surface area contributed by atoms with E-state index in [1.54, 1.807) is 6.08 Å². The molecule has 13 heavy (non-hydrogen) atoms. The molecule has 0 heterocycles. The number of isocyanates is 1. The number of hydrogen-bond acceptors (Lipinski definition) is 2. The summed E-state index contributed by atoms with van der Waals surface area (Å²) in [5.41, 5.74) is 3.77. The van der Waals surface area contributed by atoms with Crippen molar-refractivity contribution < 1.29 is 4.79 Å². The van der Waals surface area contributed by atoms with Crippen molar-refractivity contribution in [3.63, 3.8) is 0 Å². The van der Waals surface area contributed by atoms with E-state index in [-0.39, 0.29) is 6.04 Å². The van der Waals surface area contributed by atoms with Crippen LogP contribution in [0.5, 0.6) is 0 Å². The number of fused-ring (bicyclic) bond motifs is 1. The van der Waals surface area contributed by atoms with E-state index in [1.807, 2.05) is 0 Å². The van der Waals surface area contributed by atoms with E-state index in [2.05, 4.69) is 30.1 Å². The third-order valence-corrected chi connectivity index (χ3v) is 2.56. The molecular formula is C11H11NO. The Kier molecular flexibility index (Phi) is 1.99. The lowest BCUT2D eigenvalue weighted by molar-refractivity contribution is 0.557. The quantitative estimate of drug-likeness (QED) is 0.473. The molecule has 0 aliphatic heterocycles. The van der Waals surface area contributed by atoms with Gasteiger partial charge in [-0.15, -0.1) is 0 Å². The fourth-order valence-corrected chi connectivity index (χ4v) is 1.90. The van der Waals surface area contributed by atoms with Gasteiger partial charge in [0.25, 0.3) is 0 Å². The maximum atomic E-state index is 10.2. The van der Waals surface area contributed by atoms with E-state index in [0.29, 0.717) is 0 Å². The Morgan fingerprint density at radius 1 is 1.54 bits per heavy atom. The fraction of sp³-hybridized carbons (Fsp3) is 0.364. The van der Waals surface area contributed by atoms with Crippen LogP contribution in [0.4, 0.5) is 0 Å². The first-order valence-electron chi connectivity index (χ1n) is 4.47. The molecule has 2 nitrogen and oxygen atoms in total. The highest BCUT2D eigenvalue weighted by molar-refractivity contribution is 5.41. The van der Waals surface area contributed by atoms with Crippen molar-refractivity contribution in [1.29, 1.82) is 0 Å². The molecule has 0 amide bonds. The van der Waals surface area contributed by atoms with Crippen molar-refractivity contribution in [3.8, 4) is 0 Å². The van der Waals surface area contributed by atoms with Gasteiger partial charge < -0.3 is 0 Å². The van der Waals surface area contributed by atoms with Crippen LogP contribution in [0, 0.1) is 6.92 Å². The molecule has 1 aliphatic rings. The van der Waals surface area contributed by atoms with Gasteiger partial charge in [0, 0.05) is 0 Å². The second-order valence-corrected chi connectivity index (χ2v) is 3.48. The first-order chi connectivity index (χ1) is 6.31. The van der Waals surface area contributed by atoms with Gasteiger partial charge in [-0.2, -0.15) is 4.99 Å². The lowest BCUT2D eigenvalue weighted by Crippen LogP contribution is -1.89. The van der Waals surface area contributed by atoms with Gasteiger partial charge in [0.05, 0.1) is 6.04 Å². The number of benzene rings is 1. The SMILES string of the molecule is Cc1ccc2c(c1)C(N=C=O)CC2. The summed E-state index contributed by atoms with van der Waals surface area (Å²) in [6.07, 6.45) is 3.63. The smallest absolute Gasteiger partial charge is 0.211 e. The molecule has 1 aromatic carbocycles. The molecule has 1 aromatic rings. The Labute approximate surface area is 77.3 Å². The number of aryl methyl sites for hydroxylation is 2. The summed E-state index contributed by atoms with van der Waals surface area (Å²) < 4.78 is 0. The van der Waals surface area contributed by atoms with Crippen LogP contribution in [-0.2, 0) is 11.2 Å². The summed E-state index contributed by atoms with van der Waals surface area (Å²) in [4.78, 5) is 14.0. The molecular weight excluding hydrogens is 162 g/mol. The number of rotatable bonds is 1. The Morgan fingerprint density at radius 2 is 2.38 bits per heavy atom. The van der Waals surface area contributed by atoms with Gasteiger partial charge in [-0.25, -0.2) is 4.79 Å². The highest BCUT2D eigenvalue weighted by Crippen LogP contribution is 2.34. The minimum atomic E-state index is 0.0624. The lowest BCUT2D eigenvalue weighted by Gasteiger charge is -2.03. The van der Waals surface area contributed by atoms with Gasteiger partial charge in [-0.1, -0.05) is 23.8 Å². The molecule has 2 heteroatoms. The maximum absolute atomic E-state index is 10.2. The number of nitrogens with zero attached hydrogens (tertiary/aromatic N) is 1. The standard InChI is InChI=1S/C11H11NO/c1-8-2-3-9-4-5-11(12-7-13)10(9)6-8/h2-3,6,11H,4-5H2,1H3. The van der Waals surface area contributed by atoms with Gasteiger partial charge in [-0.05, 0) is 30.9 Å². The van der Waals surface area contributed by atoms with E-state index < -0.39 is 0 Å². The van der Waals surface area contributed by atoms with Crippen LogP contribution in [-0.4, -0.2) is 6.08 Å². The minimum absolute atomic E-state index is 0.0624. The summed E-state index contributed by atoms with van der Waals surface area (Å²) in [5.74, 6) is 0. The number of hydrogen-bond donors (Lipinski definition) is 0. The first kappa shape index (κ1) is 8.21. The summed E-state index contributed by atoms with van der Waals surface area (Å²) in [6.45, 7) is 2.06. The molecule has 2 rings (SSSR count). The molecule has 0 fully saturated rings. The van der Waals surface area contributed by atoms with Crippen LogP contribution < -0.4 is 0 Å². The maximum Gasteiger partial charge on any atom is 0.235 e. The van der Waals surface area contributed by atoms with E-state index in [9.17, 15) is 4.79 Å². The van der Waals surface area contributed by atoms with Crippen LogP contribution in [0.1, 0.15) is 29.2 Å². The normalized spacial score (nSPS) is 19.3. The van der Waals surface area contributed by atoms with Crippen LogP contribution >= 0.6 is 0 Å². The monoisotopic (exact) mass is 173 g/mol. The van der Waals surface area contributed by atoms with Crippen molar-refractivity contribution in [2.75, 3.05) is 0 Å². The summed E-state index contributed by atoms with van der Waals surface area (Å²) in [6, 6.07) is 6.41. The molecule has 0 bridgehead atoms. The predicted molar refractivity (Wildman–Crippen MR) is 50.4 cm³/mol. The Hall–Kier alpha value is -1.40. The minimum Gasteiger partial charge on any atom is -0.211 e. The second kappa shape index (κ2) is 3.15.